The number of anilines is 2. The third-order valence-corrected chi connectivity index (χ3v) is 2.84. The van der Waals surface area contributed by atoms with Crippen molar-refractivity contribution < 1.29 is 0 Å². The molecule has 0 bridgehead atoms. The van der Waals surface area contributed by atoms with Gasteiger partial charge >= 0.3 is 0 Å². The SMILES string of the molecule is CN(C)c1nccc(-n2ncc3ccc(N)cc32)n1. The zero-order valence-electron chi connectivity index (χ0n) is 10.8. The van der Waals surface area contributed by atoms with Gasteiger partial charge in [-0.2, -0.15) is 10.1 Å². The molecule has 6 heteroatoms. The van der Waals surface area contributed by atoms with Crippen LogP contribution in [0.15, 0.2) is 36.7 Å². The highest BCUT2D eigenvalue weighted by atomic mass is 15.3. The van der Waals surface area contributed by atoms with E-state index in [0.29, 0.717) is 11.6 Å². The van der Waals surface area contributed by atoms with Crippen molar-refractivity contribution in [1.29, 1.82) is 0 Å². The van der Waals surface area contributed by atoms with E-state index >= 15 is 0 Å². The number of aromatic nitrogens is 4. The Labute approximate surface area is 110 Å². The van der Waals surface area contributed by atoms with Gasteiger partial charge in [0.05, 0.1) is 11.7 Å². The molecule has 1 aromatic carbocycles. The average Bonchev–Trinajstić information content (AvgIpc) is 2.81. The van der Waals surface area contributed by atoms with Crippen LogP contribution in [0.25, 0.3) is 16.7 Å². The molecule has 0 amide bonds. The summed E-state index contributed by atoms with van der Waals surface area (Å²) in [5.41, 5.74) is 7.46. The molecule has 0 radical (unpaired) electrons. The fourth-order valence-corrected chi connectivity index (χ4v) is 1.89. The van der Waals surface area contributed by atoms with E-state index in [0.717, 1.165) is 16.7 Å². The number of nitrogens with zero attached hydrogens (tertiary/aromatic N) is 5. The van der Waals surface area contributed by atoms with Gasteiger partial charge in [0.2, 0.25) is 5.95 Å². The molecule has 2 N–H and O–H groups in total. The molecule has 2 aromatic heterocycles. The Morgan fingerprint density at radius 3 is 2.84 bits per heavy atom. The molecule has 0 saturated heterocycles. The number of hydrogen-bond acceptors (Lipinski definition) is 5. The zero-order valence-corrected chi connectivity index (χ0v) is 10.8. The number of hydrogen-bond donors (Lipinski definition) is 1. The normalized spacial score (nSPS) is 10.8. The van der Waals surface area contributed by atoms with Crippen LogP contribution < -0.4 is 10.6 Å². The van der Waals surface area contributed by atoms with E-state index in [9.17, 15) is 0 Å². The summed E-state index contributed by atoms with van der Waals surface area (Å²) in [4.78, 5) is 10.5. The van der Waals surface area contributed by atoms with Crippen LogP contribution in [0.4, 0.5) is 11.6 Å². The second kappa shape index (κ2) is 4.24. The zero-order chi connectivity index (χ0) is 13.4. The molecule has 3 rings (SSSR count). The van der Waals surface area contributed by atoms with Crippen LogP contribution in [0.1, 0.15) is 0 Å². The van der Waals surface area contributed by atoms with E-state index in [-0.39, 0.29) is 0 Å². The fraction of sp³-hybridized carbons (Fsp3) is 0.154. The van der Waals surface area contributed by atoms with Gasteiger partial charge < -0.3 is 10.6 Å². The maximum atomic E-state index is 5.83. The topological polar surface area (TPSA) is 72.9 Å². The van der Waals surface area contributed by atoms with Crippen molar-refractivity contribution in [1.82, 2.24) is 19.7 Å². The summed E-state index contributed by atoms with van der Waals surface area (Å²) in [5.74, 6) is 1.37. The molecule has 96 valence electrons. The average molecular weight is 254 g/mol. The maximum absolute atomic E-state index is 5.83. The molecule has 0 fully saturated rings. The van der Waals surface area contributed by atoms with Gasteiger partial charge in [-0.25, -0.2) is 9.67 Å². The maximum Gasteiger partial charge on any atom is 0.226 e. The van der Waals surface area contributed by atoms with E-state index in [2.05, 4.69) is 15.1 Å². The lowest BCUT2D eigenvalue weighted by Crippen LogP contribution is -2.14. The van der Waals surface area contributed by atoms with Crippen LogP contribution in [-0.4, -0.2) is 33.8 Å². The Balaban J connectivity index is 2.18. The van der Waals surface area contributed by atoms with E-state index in [1.165, 1.54) is 0 Å². The van der Waals surface area contributed by atoms with E-state index in [1.54, 1.807) is 17.1 Å². The van der Waals surface area contributed by atoms with Crippen LogP contribution in [0.2, 0.25) is 0 Å². The third-order valence-electron chi connectivity index (χ3n) is 2.84. The first kappa shape index (κ1) is 11.5. The number of rotatable bonds is 2. The number of benzene rings is 1. The minimum Gasteiger partial charge on any atom is -0.399 e. The van der Waals surface area contributed by atoms with Crippen molar-refractivity contribution in [2.24, 2.45) is 0 Å². The highest BCUT2D eigenvalue weighted by molar-refractivity contribution is 5.83. The van der Waals surface area contributed by atoms with Crippen LogP contribution in [0.3, 0.4) is 0 Å². The predicted octanol–water partition coefficient (Wildman–Crippen LogP) is 1.46. The summed E-state index contributed by atoms with van der Waals surface area (Å²) in [6.45, 7) is 0. The van der Waals surface area contributed by atoms with Gasteiger partial charge in [0.25, 0.3) is 0 Å². The monoisotopic (exact) mass is 254 g/mol. The van der Waals surface area contributed by atoms with Crippen molar-refractivity contribution in [3.05, 3.63) is 36.7 Å². The fourth-order valence-electron chi connectivity index (χ4n) is 1.89. The molecular weight excluding hydrogens is 240 g/mol. The van der Waals surface area contributed by atoms with Gasteiger partial charge in [-0.15, -0.1) is 0 Å². The van der Waals surface area contributed by atoms with E-state index < -0.39 is 0 Å². The van der Waals surface area contributed by atoms with Crippen LogP contribution >= 0.6 is 0 Å². The van der Waals surface area contributed by atoms with Crippen LogP contribution in [0, 0.1) is 0 Å². The standard InChI is InChI=1S/C13H14N6/c1-18(2)13-15-6-5-12(17-13)19-11-7-10(14)4-3-9(11)8-16-19/h3-8H,14H2,1-2H3. The van der Waals surface area contributed by atoms with Crippen molar-refractivity contribution in [2.45, 2.75) is 0 Å². The summed E-state index contributed by atoms with van der Waals surface area (Å²) >= 11 is 0. The Bertz CT molecular complexity index is 731. The molecular formula is C13H14N6. The number of nitrogens with two attached hydrogens (primary N) is 1. The van der Waals surface area contributed by atoms with Crippen molar-refractivity contribution in [3.63, 3.8) is 0 Å². The van der Waals surface area contributed by atoms with Gasteiger partial charge in [-0.1, -0.05) is 0 Å². The predicted molar refractivity (Wildman–Crippen MR) is 75.4 cm³/mol. The highest BCUT2D eigenvalue weighted by Crippen LogP contribution is 2.20. The third kappa shape index (κ3) is 1.97. The van der Waals surface area contributed by atoms with Gasteiger partial charge in [0.15, 0.2) is 5.82 Å². The quantitative estimate of drug-likeness (QED) is 0.701. The molecule has 3 aromatic rings. The Hall–Kier alpha value is -2.63. The molecule has 0 saturated carbocycles. The molecule has 0 aliphatic rings. The highest BCUT2D eigenvalue weighted by Gasteiger charge is 2.08. The molecule has 0 unspecified atom stereocenters. The summed E-state index contributed by atoms with van der Waals surface area (Å²) in [7, 11) is 3.80. The first-order valence-corrected chi connectivity index (χ1v) is 5.89. The largest absolute Gasteiger partial charge is 0.399 e. The van der Waals surface area contributed by atoms with Crippen LogP contribution in [-0.2, 0) is 0 Å². The smallest absolute Gasteiger partial charge is 0.226 e. The molecule has 0 atom stereocenters. The number of fused-ring (bicyclic) bond motifs is 1. The molecule has 0 aliphatic carbocycles. The second-order valence-electron chi connectivity index (χ2n) is 4.48. The van der Waals surface area contributed by atoms with E-state index in [4.69, 9.17) is 5.73 Å². The lowest BCUT2D eigenvalue weighted by atomic mass is 10.2. The summed E-state index contributed by atoms with van der Waals surface area (Å²) < 4.78 is 1.76. The van der Waals surface area contributed by atoms with Crippen molar-refractivity contribution in [2.75, 3.05) is 24.7 Å². The van der Waals surface area contributed by atoms with Gasteiger partial charge in [-0.05, 0) is 18.2 Å². The molecule has 2 heterocycles. The Morgan fingerprint density at radius 2 is 2.05 bits per heavy atom. The Kier molecular flexibility index (Phi) is 2.56. The minimum atomic E-state index is 0.644. The minimum absolute atomic E-state index is 0.644. The Morgan fingerprint density at radius 1 is 1.21 bits per heavy atom. The van der Waals surface area contributed by atoms with Crippen LogP contribution in [0.5, 0.6) is 0 Å². The lowest BCUT2D eigenvalue weighted by molar-refractivity contribution is 0.855. The first-order valence-electron chi connectivity index (χ1n) is 5.89. The van der Waals surface area contributed by atoms with Crippen molar-refractivity contribution >= 4 is 22.5 Å². The molecule has 0 aliphatic heterocycles. The van der Waals surface area contributed by atoms with E-state index in [1.807, 2.05) is 43.3 Å². The summed E-state index contributed by atoms with van der Waals surface area (Å²) in [5, 5.41) is 5.39. The van der Waals surface area contributed by atoms with Gasteiger partial charge in [-0.3, -0.25) is 0 Å². The molecule has 6 nitrogen and oxygen atoms in total. The van der Waals surface area contributed by atoms with Gasteiger partial charge in [0.1, 0.15) is 0 Å². The first-order chi connectivity index (χ1) is 9.15. The number of nitrogen functional groups attached to an aromatic ring is 1. The second-order valence-corrected chi connectivity index (χ2v) is 4.48. The molecule has 0 spiro atoms. The molecule has 19 heavy (non-hydrogen) atoms. The lowest BCUT2D eigenvalue weighted by Gasteiger charge is -2.11. The van der Waals surface area contributed by atoms with Crippen molar-refractivity contribution in [3.8, 4) is 5.82 Å². The summed E-state index contributed by atoms with van der Waals surface area (Å²) in [6, 6.07) is 7.52. The summed E-state index contributed by atoms with van der Waals surface area (Å²) in [6.07, 6.45) is 3.52. The van der Waals surface area contributed by atoms with Gasteiger partial charge in [0, 0.05) is 37.4 Å².